The molecule has 0 bridgehead atoms. The van der Waals surface area contributed by atoms with Crippen molar-refractivity contribution in [2.75, 3.05) is 19.8 Å². The number of nitrogens with one attached hydrogen (secondary N) is 1. The van der Waals surface area contributed by atoms with E-state index in [0.717, 1.165) is 5.71 Å². The highest BCUT2D eigenvalue weighted by Gasteiger charge is 2.36. The first-order chi connectivity index (χ1) is 14.1. The number of rotatable bonds is 5. The molecule has 1 aromatic heterocycles. The number of carbonyl (C=O) groups is 2. The van der Waals surface area contributed by atoms with Crippen LogP contribution in [0.5, 0.6) is 0 Å². The Labute approximate surface area is 178 Å². The van der Waals surface area contributed by atoms with E-state index in [9.17, 15) is 14.7 Å². The van der Waals surface area contributed by atoms with Crippen LogP contribution >= 0.6 is 11.3 Å². The zero-order chi connectivity index (χ0) is 22.1. The molecule has 3 rings (SSSR count). The van der Waals surface area contributed by atoms with Gasteiger partial charge in [0.1, 0.15) is 22.0 Å². The third kappa shape index (κ3) is 4.82. The number of amidine groups is 1. The third-order valence-electron chi connectivity index (χ3n) is 4.23. The summed E-state index contributed by atoms with van der Waals surface area (Å²) in [6.07, 6.45) is 1.56. The van der Waals surface area contributed by atoms with E-state index >= 15 is 0 Å². The van der Waals surface area contributed by atoms with Crippen LogP contribution in [0.2, 0.25) is 0 Å². The summed E-state index contributed by atoms with van der Waals surface area (Å²) in [6.45, 7) is 10.9. The minimum atomic E-state index is -1.29. The maximum atomic E-state index is 13.0. The highest BCUT2D eigenvalue weighted by molar-refractivity contribution is 7.10. The summed E-state index contributed by atoms with van der Waals surface area (Å²) in [5.41, 5.74) is 1.41. The van der Waals surface area contributed by atoms with Crippen molar-refractivity contribution in [3.8, 4) is 0 Å². The average Bonchev–Trinajstić information content (AvgIpc) is 3.12. The Morgan fingerprint density at radius 1 is 1.37 bits per heavy atom. The van der Waals surface area contributed by atoms with E-state index < -0.39 is 11.8 Å². The molecule has 1 saturated heterocycles. The van der Waals surface area contributed by atoms with E-state index in [4.69, 9.17) is 4.84 Å². The highest BCUT2D eigenvalue weighted by Crippen LogP contribution is 2.28. The number of ketones is 1. The molecule has 0 spiro atoms. The fraction of sp³-hybridized carbons (Fsp3) is 0.450. The standard InChI is InChI=1S/C20H25N5O4S/c1-11(2)13-16(26)14(19(27)28)15(18-21-6-7-30-18)23-17(13)22-10-25-8-12(9-25)24-29-20(3,4)5/h6-7H,8-10H2,1-5H3,(H,22,23)(H,27,28). The Morgan fingerprint density at radius 3 is 2.60 bits per heavy atom. The first kappa shape index (κ1) is 21.8. The van der Waals surface area contributed by atoms with Crippen LogP contribution in [0, 0.1) is 0 Å². The van der Waals surface area contributed by atoms with Gasteiger partial charge in [0.25, 0.3) is 0 Å². The SMILES string of the molecule is CC(C)=C1C(=O)C(C(=O)O)=C(c2nccs2)N/C1=N/CN1CC(=NOC(C)(C)C)C1. The van der Waals surface area contributed by atoms with Gasteiger partial charge in [-0.3, -0.25) is 14.7 Å². The van der Waals surface area contributed by atoms with Crippen molar-refractivity contribution in [1.29, 1.82) is 0 Å². The quantitative estimate of drug-likeness (QED) is 0.417. The molecule has 2 aliphatic rings. The summed E-state index contributed by atoms with van der Waals surface area (Å²) >= 11 is 1.25. The smallest absolute Gasteiger partial charge is 0.341 e. The fourth-order valence-corrected chi connectivity index (χ4v) is 3.53. The van der Waals surface area contributed by atoms with E-state index in [1.54, 1.807) is 25.4 Å². The van der Waals surface area contributed by atoms with Crippen molar-refractivity contribution in [2.24, 2.45) is 10.1 Å². The van der Waals surface area contributed by atoms with Crippen LogP contribution in [-0.4, -0.2) is 63.6 Å². The molecule has 3 heterocycles. The molecular formula is C20H25N5O4S. The molecule has 0 aliphatic carbocycles. The Bertz CT molecular complexity index is 971. The number of nitrogens with zero attached hydrogens (tertiary/aromatic N) is 4. The van der Waals surface area contributed by atoms with Gasteiger partial charge in [-0.2, -0.15) is 0 Å². The third-order valence-corrected chi connectivity index (χ3v) is 5.02. The predicted molar refractivity (Wildman–Crippen MR) is 115 cm³/mol. The monoisotopic (exact) mass is 431 g/mol. The molecule has 0 unspecified atom stereocenters. The van der Waals surface area contributed by atoms with Gasteiger partial charge >= 0.3 is 5.97 Å². The van der Waals surface area contributed by atoms with Gasteiger partial charge < -0.3 is 15.3 Å². The number of oxime groups is 1. The summed E-state index contributed by atoms with van der Waals surface area (Å²) in [5, 5.41) is 19.0. The number of aromatic nitrogens is 1. The van der Waals surface area contributed by atoms with Crippen LogP contribution < -0.4 is 5.32 Å². The predicted octanol–water partition coefficient (Wildman–Crippen LogP) is 2.29. The number of hydrogen-bond donors (Lipinski definition) is 2. The molecule has 0 amide bonds. The summed E-state index contributed by atoms with van der Waals surface area (Å²) in [6, 6.07) is 0. The maximum absolute atomic E-state index is 13.0. The number of thiazole rings is 1. The number of Topliss-reactive ketones (excluding diaryl/α,β-unsaturated/α-hetero) is 1. The molecule has 9 nitrogen and oxygen atoms in total. The van der Waals surface area contributed by atoms with E-state index in [1.165, 1.54) is 11.3 Å². The minimum absolute atomic E-state index is 0.177. The van der Waals surface area contributed by atoms with Gasteiger partial charge in [-0.15, -0.1) is 11.3 Å². The molecule has 160 valence electrons. The van der Waals surface area contributed by atoms with Crippen molar-refractivity contribution in [2.45, 2.75) is 40.2 Å². The van der Waals surface area contributed by atoms with E-state index in [2.05, 4.69) is 20.4 Å². The maximum Gasteiger partial charge on any atom is 0.341 e. The molecule has 1 aromatic rings. The van der Waals surface area contributed by atoms with Gasteiger partial charge in [0.05, 0.1) is 23.7 Å². The van der Waals surface area contributed by atoms with Gasteiger partial charge in [0.2, 0.25) is 5.78 Å². The molecule has 2 aliphatic heterocycles. The van der Waals surface area contributed by atoms with Gasteiger partial charge in [-0.25, -0.2) is 9.78 Å². The summed E-state index contributed by atoms with van der Waals surface area (Å²) in [5.74, 6) is -1.50. The Hall–Kier alpha value is -2.85. The second-order valence-corrected chi connectivity index (χ2v) is 9.11. The number of aliphatic carboxylic acids is 1. The molecule has 0 radical (unpaired) electrons. The molecule has 1 fully saturated rings. The molecule has 2 N–H and O–H groups in total. The highest BCUT2D eigenvalue weighted by atomic mass is 32.1. The number of hydrogen-bond acceptors (Lipinski definition) is 8. The number of allylic oxidation sites excluding steroid dienone is 1. The number of carboxylic acids is 1. The topological polar surface area (TPSA) is 116 Å². The minimum Gasteiger partial charge on any atom is -0.477 e. The van der Waals surface area contributed by atoms with Crippen LogP contribution in [0.3, 0.4) is 0 Å². The van der Waals surface area contributed by atoms with E-state index in [0.29, 0.717) is 36.2 Å². The zero-order valence-electron chi connectivity index (χ0n) is 17.6. The molecule has 10 heteroatoms. The lowest BCUT2D eigenvalue weighted by molar-refractivity contribution is -0.134. The normalized spacial score (nSPS) is 19.0. The average molecular weight is 432 g/mol. The number of likely N-dealkylation sites (tertiary alicyclic amines) is 1. The first-order valence-electron chi connectivity index (χ1n) is 9.44. The molecule has 0 saturated carbocycles. The van der Waals surface area contributed by atoms with Gasteiger partial charge in [0, 0.05) is 24.7 Å². The van der Waals surface area contributed by atoms with E-state index in [1.807, 2.05) is 25.7 Å². The lowest BCUT2D eigenvalue weighted by Crippen LogP contribution is -2.48. The number of aliphatic imine (C=N–C) groups is 1. The Kier molecular flexibility index (Phi) is 6.18. The van der Waals surface area contributed by atoms with Crippen LogP contribution in [0.4, 0.5) is 0 Å². The van der Waals surface area contributed by atoms with Crippen molar-refractivity contribution in [3.63, 3.8) is 0 Å². The van der Waals surface area contributed by atoms with Crippen molar-refractivity contribution in [3.05, 3.63) is 33.3 Å². The van der Waals surface area contributed by atoms with E-state index in [-0.39, 0.29) is 22.4 Å². The Morgan fingerprint density at radius 2 is 2.07 bits per heavy atom. The fourth-order valence-electron chi connectivity index (χ4n) is 2.88. The molecule has 30 heavy (non-hydrogen) atoms. The zero-order valence-corrected chi connectivity index (χ0v) is 18.5. The van der Waals surface area contributed by atoms with Crippen molar-refractivity contribution >= 4 is 40.3 Å². The van der Waals surface area contributed by atoms with Crippen LogP contribution in [0.15, 0.2) is 38.4 Å². The first-order valence-corrected chi connectivity index (χ1v) is 10.3. The molecular weight excluding hydrogens is 406 g/mol. The summed E-state index contributed by atoms with van der Waals surface area (Å²) in [7, 11) is 0. The number of carboxylic acid groups (broad SMARTS) is 1. The lowest BCUT2D eigenvalue weighted by Gasteiger charge is -2.32. The second-order valence-electron chi connectivity index (χ2n) is 8.22. The van der Waals surface area contributed by atoms with Crippen molar-refractivity contribution < 1.29 is 19.5 Å². The van der Waals surface area contributed by atoms with Gasteiger partial charge in [0.15, 0.2) is 0 Å². The lowest BCUT2D eigenvalue weighted by atomic mass is 9.93. The molecule has 0 aromatic carbocycles. The summed E-state index contributed by atoms with van der Waals surface area (Å²) < 4.78 is 0. The van der Waals surface area contributed by atoms with Crippen molar-refractivity contribution in [1.82, 2.24) is 15.2 Å². The van der Waals surface area contributed by atoms with Gasteiger partial charge in [-0.05, 0) is 34.6 Å². The van der Waals surface area contributed by atoms with Crippen LogP contribution in [0.1, 0.15) is 39.6 Å². The summed E-state index contributed by atoms with van der Waals surface area (Å²) in [4.78, 5) is 41.0. The van der Waals surface area contributed by atoms with Crippen LogP contribution in [0.25, 0.3) is 5.70 Å². The molecule has 0 atom stereocenters. The Balaban J connectivity index is 1.82. The van der Waals surface area contributed by atoms with Gasteiger partial charge in [-0.1, -0.05) is 10.7 Å². The van der Waals surface area contributed by atoms with Crippen LogP contribution in [-0.2, 0) is 14.4 Å². The second kappa shape index (κ2) is 8.49. The largest absolute Gasteiger partial charge is 0.477 e. The number of carbonyl (C=O) groups excluding carboxylic acids is 1.